The maximum Gasteiger partial charge on any atom is 0.221 e. The van der Waals surface area contributed by atoms with Crippen molar-refractivity contribution in [1.29, 1.82) is 0 Å². The zero-order valence-electron chi connectivity index (χ0n) is 12.4. The van der Waals surface area contributed by atoms with Gasteiger partial charge < -0.3 is 10.6 Å². The third-order valence-corrected chi connectivity index (χ3v) is 3.25. The van der Waals surface area contributed by atoms with Crippen molar-refractivity contribution in [1.82, 2.24) is 15.6 Å². The summed E-state index contributed by atoms with van der Waals surface area (Å²) in [6.07, 6.45) is 2.71. The summed E-state index contributed by atoms with van der Waals surface area (Å²) in [7, 11) is 0. The van der Waals surface area contributed by atoms with E-state index in [4.69, 9.17) is 0 Å². The van der Waals surface area contributed by atoms with E-state index < -0.39 is 0 Å². The van der Waals surface area contributed by atoms with Gasteiger partial charge in [-0.25, -0.2) is 4.39 Å². The van der Waals surface area contributed by atoms with E-state index in [-0.39, 0.29) is 11.7 Å². The maximum atomic E-state index is 13.4. The molecule has 0 radical (unpaired) electrons. The Morgan fingerprint density at radius 3 is 2.68 bits per heavy atom. The van der Waals surface area contributed by atoms with Gasteiger partial charge in [-0.3, -0.25) is 9.78 Å². The van der Waals surface area contributed by atoms with Crippen LogP contribution < -0.4 is 10.6 Å². The summed E-state index contributed by atoms with van der Waals surface area (Å²) < 4.78 is 13.4. The van der Waals surface area contributed by atoms with Gasteiger partial charge in [0.15, 0.2) is 0 Å². The molecule has 1 amide bonds. The van der Waals surface area contributed by atoms with E-state index in [1.54, 1.807) is 18.3 Å². The van der Waals surface area contributed by atoms with Gasteiger partial charge in [0.25, 0.3) is 0 Å². The number of halogens is 1. The molecule has 0 aliphatic carbocycles. The molecule has 0 atom stereocenters. The molecule has 1 aromatic heterocycles. The van der Waals surface area contributed by atoms with E-state index in [1.807, 2.05) is 24.3 Å². The standard InChI is InChI=1S/C17H20FN3O/c18-16-7-2-1-5-14(16)8-11-19-12-9-17(22)21-13-15-6-3-4-10-20-15/h1-7,10,19H,8-9,11-13H2,(H,21,22). The summed E-state index contributed by atoms with van der Waals surface area (Å²) in [5, 5.41) is 5.96. The predicted octanol–water partition coefficient (Wildman–Crippen LogP) is 2.06. The second kappa shape index (κ2) is 8.89. The summed E-state index contributed by atoms with van der Waals surface area (Å²) in [5.41, 5.74) is 1.53. The first-order chi connectivity index (χ1) is 10.8. The average molecular weight is 301 g/mol. The minimum absolute atomic E-state index is 0.0240. The number of benzene rings is 1. The number of carbonyl (C=O) groups is 1. The lowest BCUT2D eigenvalue weighted by atomic mass is 10.1. The molecule has 5 heteroatoms. The van der Waals surface area contributed by atoms with Crippen LogP contribution in [0.5, 0.6) is 0 Å². The van der Waals surface area contributed by atoms with Crippen molar-refractivity contribution in [3.63, 3.8) is 0 Å². The fourth-order valence-corrected chi connectivity index (χ4v) is 2.03. The Balaban J connectivity index is 1.57. The molecule has 0 saturated heterocycles. The van der Waals surface area contributed by atoms with E-state index in [0.717, 1.165) is 5.69 Å². The average Bonchev–Trinajstić information content (AvgIpc) is 2.55. The zero-order valence-corrected chi connectivity index (χ0v) is 12.4. The number of aromatic nitrogens is 1. The van der Waals surface area contributed by atoms with Gasteiger partial charge in [0.1, 0.15) is 5.82 Å². The van der Waals surface area contributed by atoms with Crippen LogP contribution in [0, 0.1) is 5.82 Å². The number of amides is 1. The molecule has 4 nitrogen and oxygen atoms in total. The Hall–Kier alpha value is -2.27. The van der Waals surface area contributed by atoms with Crippen LogP contribution in [0.3, 0.4) is 0 Å². The lowest BCUT2D eigenvalue weighted by Gasteiger charge is -2.07. The fourth-order valence-electron chi connectivity index (χ4n) is 2.03. The number of hydrogen-bond acceptors (Lipinski definition) is 3. The van der Waals surface area contributed by atoms with Gasteiger partial charge in [-0.05, 0) is 36.7 Å². The van der Waals surface area contributed by atoms with Crippen molar-refractivity contribution < 1.29 is 9.18 Å². The van der Waals surface area contributed by atoms with E-state index in [2.05, 4.69) is 15.6 Å². The van der Waals surface area contributed by atoms with Crippen LogP contribution in [0.25, 0.3) is 0 Å². The number of pyridine rings is 1. The molecule has 2 rings (SSSR count). The van der Waals surface area contributed by atoms with Gasteiger partial charge in [-0.1, -0.05) is 24.3 Å². The molecule has 0 saturated carbocycles. The van der Waals surface area contributed by atoms with Crippen LogP contribution in [0.1, 0.15) is 17.7 Å². The van der Waals surface area contributed by atoms with Gasteiger partial charge in [0.2, 0.25) is 5.91 Å². The number of nitrogens with one attached hydrogen (secondary N) is 2. The van der Waals surface area contributed by atoms with Crippen LogP contribution >= 0.6 is 0 Å². The number of nitrogens with zero attached hydrogens (tertiary/aromatic N) is 1. The first kappa shape index (κ1) is 16.1. The van der Waals surface area contributed by atoms with Crippen molar-refractivity contribution in [2.45, 2.75) is 19.4 Å². The summed E-state index contributed by atoms with van der Waals surface area (Å²) in [5.74, 6) is -0.207. The van der Waals surface area contributed by atoms with Crippen LogP contribution in [-0.4, -0.2) is 24.0 Å². The third-order valence-electron chi connectivity index (χ3n) is 3.25. The van der Waals surface area contributed by atoms with E-state index in [1.165, 1.54) is 6.07 Å². The van der Waals surface area contributed by atoms with Gasteiger partial charge in [0.05, 0.1) is 12.2 Å². The third kappa shape index (κ3) is 5.61. The van der Waals surface area contributed by atoms with Crippen molar-refractivity contribution in [2.75, 3.05) is 13.1 Å². The zero-order chi connectivity index (χ0) is 15.6. The van der Waals surface area contributed by atoms with Crippen molar-refractivity contribution in [3.05, 3.63) is 65.7 Å². The normalized spacial score (nSPS) is 10.4. The Labute approximate surface area is 129 Å². The largest absolute Gasteiger partial charge is 0.350 e. The summed E-state index contributed by atoms with van der Waals surface area (Å²) >= 11 is 0. The molecule has 0 bridgehead atoms. The molecule has 0 fully saturated rings. The Morgan fingerprint density at radius 2 is 1.91 bits per heavy atom. The number of carbonyl (C=O) groups excluding carboxylic acids is 1. The molecule has 2 aromatic rings. The molecule has 0 spiro atoms. The Kier molecular flexibility index (Phi) is 6.51. The second-order valence-electron chi connectivity index (χ2n) is 4.94. The van der Waals surface area contributed by atoms with Crippen molar-refractivity contribution in [3.8, 4) is 0 Å². The van der Waals surface area contributed by atoms with Gasteiger partial charge in [-0.2, -0.15) is 0 Å². The van der Waals surface area contributed by atoms with E-state index in [9.17, 15) is 9.18 Å². The van der Waals surface area contributed by atoms with Gasteiger partial charge in [-0.15, -0.1) is 0 Å². The number of hydrogen-bond donors (Lipinski definition) is 2. The highest BCUT2D eigenvalue weighted by Crippen LogP contribution is 2.06. The monoisotopic (exact) mass is 301 g/mol. The molecule has 2 N–H and O–H groups in total. The molecule has 116 valence electrons. The van der Waals surface area contributed by atoms with Crippen LogP contribution in [-0.2, 0) is 17.8 Å². The molecule has 0 aliphatic rings. The first-order valence-electron chi connectivity index (χ1n) is 7.36. The fraction of sp³-hybridized carbons (Fsp3) is 0.294. The summed E-state index contributed by atoms with van der Waals surface area (Å²) in [6, 6.07) is 12.3. The second-order valence-corrected chi connectivity index (χ2v) is 4.94. The first-order valence-corrected chi connectivity index (χ1v) is 7.36. The number of rotatable bonds is 8. The predicted molar refractivity (Wildman–Crippen MR) is 83.7 cm³/mol. The highest BCUT2D eigenvalue weighted by molar-refractivity contribution is 5.75. The Morgan fingerprint density at radius 1 is 1.09 bits per heavy atom. The molecular weight excluding hydrogens is 281 g/mol. The van der Waals surface area contributed by atoms with Crippen LogP contribution in [0.2, 0.25) is 0 Å². The molecule has 0 aliphatic heterocycles. The summed E-state index contributed by atoms with van der Waals surface area (Å²) in [6.45, 7) is 1.66. The maximum absolute atomic E-state index is 13.4. The molecule has 0 unspecified atom stereocenters. The van der Waals surface area contributed by atoms with Gasteiger partial charge in [0, 0.05) is 19.2 Å². The molecule has 22 heavy (non-hydrogen) atoms. The highest BCUT2D eigenvalue weighted by atomic mass is 19.1. The van der Waals surface area contributed by atoms with E-state index in [0.29, 0.717) is 38.0 Å². The smallest absolute Gasteiger partial charge is 0.221 e. The van der Waals surface area contributed by atoms with Crippen LogP contribution in [0.4, 0.5) is 4.39 Å². The van der Waals surface area contributed by atoms with Crippen molar-refractivity contribution in [2.24, 2.45) is 0 Å². The van der Waals surface area contributed by atoms with Crippen LogP contribution in [0.15, 0.2) is 48.7 Å². The quantitative estimate of drug-likeness (QED) is 0.734. The molecular formula is C17H20FN3O. The lowest BCUT2D eigenvalue weighted by Crippen LogP contribution is -2.28. The minimum Gasteiger partial charge on any atom is -0.350 e. The highest BCUT2D eigenvalue weighted by Gasteiger charge is 2.02. The molecule has 1 aromatic carbocycles. The summed E-state index contributed by atoms with van der Waals surface area (Å²) in [4.78, 5) is 15.8. The topological polar surface area (TPSA) is 54.0 Å². The van der Waals surface area contributed by atoms with Gasteiger partial charge >= 0.3 is 0 Å². The minimum atomic E-state index is -0.183. The van der Waals surface area contributed by atoms with E-state index >= 15 is 0 Å². The molecule has 1 heterocycles. The lowest BCUT2D eigenvalue weighted by molar-refractivity contribution is -0.121. The van der Waals surface area contributed by atoms with Crippen molar-refractivity contribution >= 4 is 5.91 Å². The Bertz CT molecular complexity index is 589. The SMILES string of the molecule is O=C(CCNCCc1ccccc1F)NCc1ccccn1.